The summed E-state index contributed by atoms with van der Waals surface area (Å²) in [7, 11) is 0. The van der Waals surface area contributed by atoms with Crippen molar-refractivity contribution in [2.75, 3.05) is 0 Å². The van der Waals surface area contributed by atoms with Gasteiger partial charge in [-0.1, -0.05) is 170 Å². The van der Waals surface area contributed by atoms with Crippen LogP contribution < -0.4 is 0 Å². The van der Waals surface area contributed by atoms with E-state index in [1.807, 2.05) is 24.3 Å². The van der Waals surface area contributed by atoms with Gasteiger partial charge in [0.05, 0.1) is 27.6 Å². The molecule has 278 valence electrons. The summed E-state index contributed by atoms with van der Waals surface area (Å²) in [5.41, 5.74) is 12.2. The molecule has 0 unspecified atom stereocenters. The smallest absolute Gasteiger partial charge is 0.164 e. The van der Waals surface area contributed by atoms with Gasteiger partial charge in [-0.3, -0.25) is 0 Å². The van der Waals surface area contributed by atoms with E-state index in [4.69, 9.17) is 15.0 Å². The van der Waals surface area contributed by atoms with Crippen molar-refractivity contribution in [1.82, 2.24) is 23.9 Å². The van der Waals surface area contributed by atoms with Crippen molar-refractivity contribution in [3.63, 3.8) is 0 Å². The predicted octanol–water partition coefficient (Wildman–Crippen LogP) is 13.9. The molecule has 9 aromatic carbocycles. The first kappa shape index (κ1) is 32.9. The largest absolute Gasteiger partial charge is 0.309 e. The molecule has 0 saturated carbocycles. The summed E-state index contributed by atoms with van der Waals surface area (Å²) in [4.78, 5) is 15.4. The third kappa shape index (κ3) is 4.84. The van der Waals surface area contributed by atoms with Crippen LogP contribution in [-0.4, -0.2) is 23.9 Å². The van der Waals surface area contributed by atoms with Gasteiger partial charge >= 0.3 is 0 Å². The maximum atomic E-state index is 5.18. The quantitative estimate of drug-likeness (QED) is 0.175. The lowest BCUT2D eigenvalue weighted by Gasteiger charge is -2.13. The number of rotatable bonds is 5. The Morgan fingerprint density at radius 2 is 0.817 bits per heavy atom. The number of aromatic nitrogens is 5. The third-order valence-electron chi connectivity index (χ3n) is 12.3. The van der Waals surface area contributed by atoms with E-state index in [0.29, 0.717) is 17.5 Å². The molecule has 60 heavy (non-hydrogen) atoms. The fourth-order valence-corrected chi connectivity index (χ4v) is 9.54. The molecule has 13 rings (SSSR count). The molecule has 0 saturated heterocycles. The van der Waals surface area contributed by atoms with Crippen molar-refractivity contribution in [3.8, 4) is 51.0 Å². The Morgan fingerprint density at radius 1 is 0.283 bits per heavy atom. The Balaban J connectivity index is 1.05. The summed E-state index contributed by atoms with van der Waals surface area (Å²) in [6.45, 7) is 0. The van der Waals surface area contributed by atoms with Crippen molar-refractivity contribution in [3.05, 3.63) is 200 Å². The molecule has 5 heteroatoms. The number of nitrogens with zero attached hydrogens (tertiary/aromatic N) is 5. The minimum absolute atomic E-state index is 0.621. The summed E-state index contributed by atoms with van der Waals surface area (Å²) < 4.78 is 4.92. The minimum Gasteiger partial charge on any atom is -0.309 e. The highest BCUT2D eigenvalue weighted by atomic mass is 15.0. The van der Waals surface area contributed by atoms with Crippen LogP contribution in [0, 0.1) is 0 Å². The van der Waals surface area contributed by atoms with Gasteiger partial charge in [-0.25, -0.2) is 15.0 Å². The zero-order chi connectivity index (χ0) is 39.3. The monoisotopic (exact) mass is 763 g/mol. The van der Waals surface area contributed by atoms with Crippen LogP contribution in [0.3, 0.4) is 0 Å². The Morgan fingerprint density at radius 3 is 1.60 bits per heavy atom. The Hall–Kier alpha value is -8.15. The van der Waals surface area contributed by atoms with Gasteiger partial charge in [0.2, 0.25) is 0 Å². The van der Waals surface area contributed by atoms with E-state index >= 15 is 0 Å². The lowest BCUT2D eigenvalue weighted by molar-refractivity contribution is 1.07. The second-order valence-corrected chi connectivity index (χ2v) is 15.6. The topological polar surface area (TPSA) is 48.0 Å². The standard InChI is InChI=1S/C55H33N5/c1-3-13-34(14-4-1)35-25-27-38(28-26-35)54-56-53(37-16-5-2-6-17-37)57-55(58-54)39-18-11-19-40(31-39)59-49-33-50-46(32-47(49)45-30-29-36-15-7-8-20-41(36)51(45)59)44-23-12-22-43-42-21-9-10-24-48(42)60(50)52(43)44/h1-33H. The van der Waals surface area contributed by atoms with Crippen LogP contribution >= 0.6 is 0 Å². The molecule has 0 fully saturated rings. The maximum absolute atomic E-state index is 5.18. The first-order valence-corrected chi connectivity index (χ1v) is 20.4. The Kier molecular flexibility index (Phi) is 6.95. The second-order valence-electron chi connectivity index (χ2n) is 15.6. The number of hydrogen-bond acceptors (Lipinski definition) is 3. The van der Waals surface area contributed by atoms with E-state index in [-0.39, 0.29) is 0 Å². The summed E-state index contributed by atoms with van der Waals surface area (Å²) in [5.74, 6) is 1.89. The van der Waals surface area contributed by atoms with Crippen molar-refractivity contribution < 1.29 is 0 Å². The number of benzene rings is 9. The van der Waals surface area contributed by atoms with E-state index in [2.05, 4.69) is 185 Å². The highest BCUT2D eigenvalue weighted by Gasteiger charge is 2.22. The lowest BCUT2D eigenvalue weighted by atomic mass is 10.0. The van der Waals surface area contributed by atoms with Crippen molar-refractivity contribution in [2.45, 2.75) is 0 Å². The molecule has 0 amide bonds. The zero-order valence-corrected chi connectivity index (χ0v) is 32.3. The minimum atomic E-state index is 0.621. The van der Waals surface area contributed by atoms with Crippen LogP contribution in [0.2, 0.25) is 0 Å². The highest BCUT2D eigenvalue weighted by molar-refractivity contribution is 6.27. The summed E-state index contributed by atoms with van der Waals surface area (Å²) >= 11 is 0. The van der Waals surface area contributed by atoms with Gasteiger partial charge in [0.25, 0.3) is 0 Å². The molecule has 13 aromatic rings. The van der Waals surface area contributed by atoms with Gasteiger partial charge in [-0.2, -0.15) is 0 Å². The van der Waals surface area contributed by atoms with E-state index < -0.39 is 0 Å². The van der Waals surface area contributed by atoms with Gasteiger partial charge in [-0.15, -0.1) is 0 Å². The molecule has 0 radical (unpaired) electrons. The summed E-state index contributed by atoms with van der Waals surface area (Å²) in [6, 6.07) is 71.4. The van der Waals surface area contributed by atoms with Gasteiger partial charge in [0.15, 0.2) is 17.5 Å². The number of hydrogen-bond donors (Lipinski definition) is 0. The van der Waals surface area contributed by atoms with Crippen molar-refractivity contribution in [1.29, 1.82) is 0 Å². The van der Waals surface area contributed by atoms with Gasteiger partial charge in [0.1, 0.15) is 0 Å². The zero-order valence-electron chi connectivity index (χ0n) is 32.3. The van der Waals surface area contributed by atoms with E-state index in [9.17, 15) is 0 Å². The SMILES string of the molecule is c1ccc(-c2ccc(-c3nc(-c4ccccc4)nc(-c4cccc(-n5c6cc7c(cc6c6ccc8ccccc8c65)c5cccc6c8ccccc8n7c65)c4)n3)cc2)cc1. The highest BCUT2D eigenvalue weighted by Crippen LogP contribution is 2.44. The van der Waals surface area contributed by atoms with Crippen LogP contribution in [0.5, 0.6) is 0 Å². The number of fused-ring (bicyclic) bond motifs is 11. The van der Waals surface area contributed by atoms with E-state index in [1.54, 1.807) is 0 Å². The molecule has 0 aliphatic heterocycles. The third-order valence-corrected chi connectivity index (χ3v) is 12.3. The normalized spacial score (nSPS) is 12.0. The second kappa shape index (κ2) is 12.7. The predicted molar refractivity (Wildman–Crippen MR) is 248 cm³/mol. The summed E-state index contributed by atoms with van der Waals surface area (Å²) in [5, 5.41) is 9.95. The lowest BCUT2D eigenvalue weighted by Crippen LogP contribution is -2.01. The first-order chi connectivity index (χ1) is 29.7. The molecule has 0 bridgehead atoms. The molecule has 0 atom stereocenters. The molecular formula is C55H33N5. The van der Waals surface area contributed by atoms with Crippen LogP contribution in [0.4, 0.5) is 0 Å². The van der Waals surface area contributed by atoms with Gasteiger partial charge in [0, 0.05) is 60.1 Å². The fourth-order valence-electron chi connectivity index (χ4n) is 9.54. The fraction of sp³-hybridized carbons (Fsp3) is 0. The molecule has 0 spiro atoms. The Bertz CT molecular complexity index is 3810. The summed E-state index contributed by atoms with van der Waals surface area (Å²) in [6.07, 6.45) is 0. The Labute approximate surface area is 344 Å². The van der Waals surface area contributed by atoms with Crippen LogP contribution in [-0.2, 0) is 0 Å². The molecular weight excluding hydrogens is 731 g/mol. The van der Waals surface area contributed by atoms with Gasteiger partial charge < -0.3 is 8.97 Å². The molecule has 0 aliphatic rings. The molecule has 5 nitrogen and oxygen atoms in total. The molecule has 4 aromatic heterocycles. The van der Waals surface area contributed by atoms with Crippen LogP contribution in [0.1, 0.15) is 0 Å². The van der Waals surface area contributed by atoms with Crippen molar-refractivity contribution >= 4 is 70.7 Å². The number of para-hydroxylation sites is 2. The maximum Gasteiger partial charge on any atom is 0.164 e. The molecule has 4 heterocycles. The molecule has 0 N–H and O–H groups in total. The average Bonchev–Trinajstić information content (AvgIpc) is 3.96. The van der Waals surface area contributed by atoms with Crippen molar-refractivity contribution in [2.24, 2.45) is 0 Å². The van der Waals surface area contributed by atoms with Crippen LogP contribution in [0.25, 0.3) is 122 Å². The first-order valence-electron chi connectivity index (χ1n) is 20.4. The van der Waals surface area contributed by atoms with Gasteiger partial charge in [-0.05, 0) is 46.8 Å². The average molecular weight is 764 g/mol. The molecule has 0 aliphatic carbocycles. The van der Waals surface area contributed by atoms with Crippen LogP contribution in [0.15, 0.2) is 200 Å². The van der Waals surface area contributed by atoms with E-state index in [0.717, 1.165) is 33.5 Å². The van der Waals surface area contributed by atoms with E-state index in [1.165, 1.54) is 70.7 Å².